The molecule has 88 valence electrons. The normalized spacial score (nSPS) is 11.5. The van der Waals surface area contributed by atoms with Crippen LogP contribution in [0.4, 0.5) is 13.2 Å². The van der Waals surface area contributed by atoms with Gasteiger partial charge in [0.25, 0.3) is 0 Å². The average Bonchev–Trinajstić information content (AvgIpc) is 2.30. The summed E-state index contributed by atoms with van der Waals surface area (Å²) in [6, 6.07) is 6.82. The van der Waals surface area contributed by atoms with Gasteiger partial charge < -0.3 is 0 Å². The largest absolute Gasteiger partial charge is 0.416 e. The standard InChI is InChI=1S/C12H9F3N2/c13-12(14,15)10-3-1-9(2-4-10)7-11-5-6-16-8-17-11/h1-6,8H,7H2. The van der Waals surface area contributed by atoms with Crippen molar-refractivity contribution in [2.24, 2.45) is 0 Å². The first kappa shape index (κ1) is 11.6. The van der Waals surface area contributed by atoms with Crippen LogP contribution in [-0.4, -0.2) is 9.97 Å². The van der Waals surface area contributed by atoms with Crippen molar-refractivity contribution < 1.29 is 13.2 Å². The highest BCUT2D eigenvalue weighted by Crippen LogP contribution is 2.29. The second-order valence-corrected chi connectivity index (χ2v) is 3.57. The summed E-state index contributed by atoms with van der Waals surface area (Å²) < 4.78 is 37.0. The molecular formula is C12H9F3N2. The van der Waals surface area contributed by atoms with Gasteiger partial charge in [0.1, 0.15) is 6.33 Å². The lowest BCUT2D eigenvalue weighted by Crippen LogP contribution is -2.04. The van der Waals surface area contributed by atoms with Gasteiger partial charge in [-0.2, -0.15) is 13.2 Å². The molecule has 0 spiro atoms. The van der Waals surface area contributed by atoms with Crippen LogP contribution in [0.5, 0.6) is 0 Å². The number of benzene rings is 1. The Balaban J connectivity index is 2.14. The van der Waals surface area contributed by atoms with Crippen molar-refractivity contribution in [3.63, 3.8) is 0 Å². The Morgan fingerprint density at radius 2 is 1.71 bits per heavy atom. The van der Waals surface area contributed by atoms with Crippen molar-refractivity contribution in [3.8, 4) is 0 Å². The van der Waals surface area contributed by atoms with E-state index in [4.69, 9.17) is 0 Å². The van der Waals surface area contributed by atoms with E-state index in [1.165, 1.54) is 18.5 Å². The van der Waals surface area contributed by atoms with E-state index in [9.17, 15) is 13.2 Å². The van der Waals surface area contributed by atoms with Gasteiger partial charge in [0, 0.05) is 18.3 Å². The Hall–Kier alpha value is -1.91. The van der Waals surface area contributed by atoms with Crippen LogP contribution in [0.1, 0.15) is 16.8 Å². The van der Waals surface area contributed by atoms with Gasteiger partial charge in [0.15, 0.2) is 0 Å². The zero-order chi connectivity index (χ0) is 12.3. The van der Waals surface area contributed by atoms with Crippen LogP contribution in [-0.2, 0) is 12.6 Å². The van der Waals surface area contributed by atoms with Crippen molar-refractivity contribution in [1.29, 1.82) is 0 Å². The molecule has 0 aliphatic rings. The summed E-state index contributed by atoms with van der Waals surface area (Å²) in [4.78, 5) is 7.79. The lowest BCUT2D eigenvalue weighted by atomic mass is 10.1. The molecule has 5 heteroatoms. The molecule has 0 aliphatic carbocycles. The van der Waals surface area contributed by atoms with Gasteiger partial charge in [-0.25, -0.2) is 9.97 Å². The van der Waals surface area contributed by atoms with E-state index in [1.807, 2.05) is 0 Å². The third kappa shape index (κ3) is 3.03. The Morgan fingerprint density at radius 1 is 1.00 bits per heavy atom. The molecule has 1 aromatic carbocycles. The van der Waals surface area contributed by atoms with Gasteiger partial charge in [-0.1, -0.05) is 12.1 Å². The molecule has 0 saturated heterocycles. The van der Waals surface area contributed by atoms with E-state index >= 15 is 0 Å². The van der Waals surface area contributed by atoms with E-state index in [0.29, 0.717) is 6.42 Å². The minimum Gasteiger partial charge on any atom is -0.245 e. The summed E-state index contributed by atoms with van der Waals surface area (Å²) in [7, 11) is 0. The minimum absolute atomic E-state index is 0.501. The fraction of sp³-hybridized carbons (Fsp3) is 0.167. The van der Waals surface area contributed by atoms with Crippen LogP contribution in [0.15, 0.2) is 42.9 Å². The number of hydrogen-bond donors (Lipinski definition) is 0. The number of aromatic nitrogens is 2. The van der Waals surface area contributed by atoms with Crippen LogP contribution < -0.4 is 0 Å². The van der Waals surface area contributed by atoms with Crippen molar-refractivity contribution >= 4 is 0 Å². The fourth-order valence-corrected chi connectivity index (χ4v) is 1.44. The molecule has 17 heavy (non-hydrogen) atoms. The molecule has 0 aliphatic heterocycles. The van der Waals surface area contributed by atoms with E-state index in [-0.39, 0.29) is 0 Å². The van der Waals surface area contributed by atoms with Crippen molar-refractivity contribution in [3.05, 3.63) is 59.7 Å². The van der Waals surface area contributed by atoms with Gasteiger partial charge in [-0.15, -0.1) is 0 Å². The first-order valence-electron chi connectivity index (χ1n) is 4.97. The highest BCUT2D eigenvalue weighted by molar-refractivity contribution is 5.27. The van der Waals surface area contributed by atoms with Gasteiger partial charge in [-0.05, 0) is 23.8 Å². The number of halogens is 3. The Kier molecular flexibility index (Phi) is 3.08. The molecule has 1 heterocycles. The first-order chi connectivity index (χ1) is 8.05. The van der Waals surface area contributed by atoms with E-state index < -0.39 is 11.7 Å². The summed E-state index contributed by atoms with van der Waals surface area (Å²) in [6.45, 7) is 0. The maximum absolute atomic E-state index is 12.3. The summed E-state index contributed by atoms with van der Waals surface area (Å²) in [5, 5.41) is 0. The zero-order valence-corrected chi connectivity index (χ0v) is 8.78. The lowest BCUT2D eigenvalue weighted by Gasteiger charge is -2.07. The van der Waals surface area contributed by atoms with Crippen LogP contribution in [0.25, 0.3) is 0 Å². The summed E-state index contributed by atoms with van der Waals surface area (Å²) in [5.74, 6) is 0. The monoisotopic (exact) mass is 238 g/mol. The minimum atomic E-state index is -4.28. The second-order valence-electron chi connectivity index (χ2n) is 3.57. The van der Waals surface area contributed by atoms with E-state index in [0.717, 1.165) is 23.4 Å². The molecule has 1 aromatic heterocycles. The Bertz CT molecular complexity index is 477. The highest BCUT2D eigenvalue weighted by atomic mass is 19.4. The number of nitrogens with zero attached hydrogens (tertiary/aromatic N) is 2. The Morgan fingerprint density at radius 3 is 2.24 bits per heavy atom. The highest BCUT2D eigenvalue weighted by Gasteiger charge is 2.29. The molecular weight excluding hydrogens is 229 g/mol. The molecule has 0 unspecified atom stereocenters. The van der Waals surface area contributed by atoms with Crippen molar-refractivity contribution in [2.75, 3.05) is 0 Å². The van der Waals surface area contributed by atoms with Gasteiger partial charge >= 0.3 is 6.18 Å². The SMILES string of the molecule is FC(F)(F)c1ccc(Cc2ccncn2)cc1. The zero-order valence-electron chi connectivity index (χ0n) is 8.78. The molecule has 2 rings (SSSR count). The molecule has 2 aromatic rings. The van der Waals surface area contributed by atoms with E-state index in [2.05, 4.69) is 9.97 Å². The number of hydrogen-bond acceptors (Lipinski definition) is 2. The maximum Gasteiger partial charge on any atom is 0.416 e. The van der Waals surface area contributed by atoms with Gasteiger partial charge in [-0.3, -0.25) is 0 Å². The van der Waals surface area contributed by atoms with Crippen molar-refractivity contribution in [2.45, 2.75) is 12.6 Å². The molecule has 0 bridgehead atoms. The molecule has 2 nitrogen and oxygen atoms in total. The second kappa shape index (κ2) is 4.53. The van der Waals surface area contributed by atoms with Crippen LogP contribution in [0.2, 0.25) is 0 Å². The predicted octanol–water partition coefficient (Wildman–Crippen LogP) is 3.09. The lowest BCUT2D eigenvalue weighted by molar-refractivity contribution is -0.137. The molecule has 0 saturated carbocycles. The third-order valence-corrected chi connectivity index (χ3v) is 2.31. The van der Waals surface area contributed by atoms with Crippen molar-refractivity contribution in [1.82, 2.24) is 9.97 Å². The molecule has 0 N–H and O–H groups in total. The molecule has 0 fully saturated rings. The third-order valence-electron chi connectivity index (χ3n) is 2.31. The Labute approximate surface area is 96.2 Å². The predicted molar refractivity (Wildman–Crippen MR) is 56.3 cm³/mol. The first-order valence-corrected chi connectivity index (χ1v) is 4.97. The van der Waals surface area contributed by atoms with Gasteiger partial charge in [0.05, 0.1) is 5.56 Å². The van der Waals surface area contributed by atoms with Gasteiger partial charge in [0.2, 0.25) is 0 Å². The summed E-state index contributed by atoms with van der Waals surface area (Å²) >= 11 is 0. The maximum atomic E-state index is 12.3. The molecule has 0 atom stereocenters. The summed E-state index contributed by atoms with van der Waals surface area (Å²) in [6.07, 6.45) is -0.764. The molecule has 0 amide bonds. The number of rotatable bonds is 2. The van der Waals surface area contributed by atoms with Crippen LogP contribution in [0, 0.1) is 0 Å². The molecule has 0 radical (unpaired) electrons. The summed E-state index contributed by atoms with van der Waals surface area (Å²) in [5.41, 5.74) is 0.931. The van der Waals surface area contributed by atoms with Crippen LogP contribution >= 0.6 is 0 Å². The average molecular weight is 238 g/mol. The van der Waals surface area contributed by atoms with E-state index in [1.54, 1.807) is 12.3 Å². The van der Waals surface area contributed by atoms with Crippen LogP contribution in [0.3, 0.4) is 0 Å². The smallest absolute Gasteiger partial charge is 0.245 e. The topological polar surface area (TPSA) is 25.8 Å². The quantitative estimate of drug-likeness (QED) is 0.803. The fourth-order valence-electron chi connectivity index (χ4n) is 1.44. The number of alkyl halides is 3.